The predicted molar refractivity (Wildman–Crippen MR) is 140 cm³/mol. The number of carbonyl (C=O) groups excluding carboxylic acids is 1. The van der Waals surface area contributed by atoms with Gasteiger partial charge < -0.3 is 10.1 Å². The van der Waals surface area contributed by atoms with Crippen molar-refractivity contribution >= 4 is 22.6 Å². The molecule has 0 saturated heterocycles. The standard InChI is InChI=1S/C28H20F4N6O3/c29-16-2-4-18(5-3-16)38-27(40)19(7-10-34-38)21(39)12-15-1-6-22(20(30)11-15)41-23-8-9-33-25-24(23)26(37-36-25)35-17-13-28(31,32)14-17/h1-11,17H,12-14H2,(H2,33,35,36,37). The van der Waals surface area contributed by atoms with Crippen molar-refractivity contribution in [1.82, 2.24) is 25.0 Å². The van der Waals surface area contributed by atoms with Gasteiger partial charge in [-0.3, -0.25) is 14.7 Å². The molecule has 1 fully saturated rings. The van der Waals surface area contributed by atoms with E-state index >= 15 is 4.39 Å². The highest BCUT2D eigenvalue weighted by atomic mass is 19.3. The molecule has 1 saturated carbocycles. The number of carbonyl (C=O) groups is 1. The van der Waals surface area contributed by atoms with Gasteiger partial charge in [-0.05, 0) is 48.0 Å². The Labute approximate surface area is 228 Å². The molecule has 0 bridgehead atoms. The van der Waals surface area contributed by atoms with Crippen LogP contribution in [-0.2, 0) is 6.42 Å². The van der Waals surface area contributed by atoms with E-state index in [0.717, 1.165) is 10.7 Å². The SMILES string of the molecule is O=C(Cc1ccc(Oc2ccnc3[nH]nc(NC4CC(F)(F)C4)c23)c(F)c1)c1ccnn(-c2ccc(F)cc2)c1=O. The molecule has 1 aliphatic rings. The first-order chi connectivity index (χ1) is 19.7. The molecule has 208 valence electrons. The van der Waals surface area contributed by atoms with E-state index in [1.807, 2.05) is 0 Å². The number of rotatable bonds is 8. The van der Waals surface area contributed by atoms with Gasteiger partial charge in [0.25, 0.3) is 11.5 Å². The maximum absolute atomic E-state index is 15.1. The van der Waals surface area contributed by atoms with Gasteiger partial charge in [-0.15, -0.1) is 0 Å². The maximum Gasteiger partial charge on any atom is 0.282 e. The van der Waals surface area contributed by atoms with Crippen LogP contribution in [0.3, 0.4) is 0 Å². The summed E-state index contributed by atoms with van der Waals surface area (Å²) in [5.41, 5.74) is 0.0449. The van der Waals surface area contributed by atoms with Gasteiger partial charge in [-0.2, -0.15) is 14.9 Å². The molecule has 1 aliphatic carbocycles. The van der Waals surface area contributed by atoms with Gasteiger partial charge in [0.1, 0.15) is 17.0 Å². The van der Waals surface area contributed by atoms with E-state index in [0.29, 0.717) is 16.6 Å². The number of pyridine rings is 1. The molecule has 41 heavy (non-hydrogen) atoms. The van der Waals surface area contributed by atoms with Crippen molar-refractivity contribution in [2.24, 2.45) is 0 Å². The minimum Gasteiger partial charge on any atom is -0.453 e. The number of anilines is 1. The summed E-state index contributed by atoms with van der Waals surface area (Å²) in [6.45, 7) is 0. The van der Waals surface area contributed by atoms with Crippen LogP contribution < -0.4 is 15.6 Å². The topological polar surface area (TPSA) is 115 Å². The molecule has 0 radical (unpaired) electrons. The van der Waals surface area contributed by atoms with E-state index in [2.05, 4.69) is 25.6 Å². The molecule has 13 heteroatoms. The van der Waals surface area contributed by atoms with E-state index in [1.54, 1.807) is 0 Å². The number of Topliss-reactive ketones (excluding diaryl/α,β-unsaturated/α-hetero) is 1. The molecule has 9 nitrogen and oxygen atoms in total. The second-order valence-electron chi connectivity index (χ2n) is 9.62. The van der Waals surface area contributed by atoms with Crippen molar-refractivity contribution in [2.75, 3.05) is 5.32 Å². The number of hydrogen-bond acceptors (Lipinski definition) is 7. The summed E-state index contributed by atoms with van der Waals surface area (Å²) < 4.78 is 61.7. The molecule has 2 aromatic carbocycles. The number of H-pyrrole nitrogens is 1. The van der Waals surface area contributed by atoms with Crippen LogP contribution in [0.15, 0.2) is 71.8 Å². The van der Waals surface area contributed by atoms with E-state index < -0.39 is 34.9 Å². The fraction of sp³-hybridized carbons (Fsp3) is 0.179. The van der Waals surface area contributed by atoms with E-state index in [-0.39, 0.29) is 47.8 Å². The van der Waals surface area contributed by atoms with Crippen LogP contribution in [0.4, 0.5) is 23.4 Å². The van der Waals surface area contributed by atoms with Crippen molar-refractivity contribution in [3.63, 3.8) is 0 Å². The Morgan fingerprint density at radius 2 is 1.83 bits per heavy atom. The smallest absolute Gasteiger partial charge is 0.282 e. The molecular formula is C28H20F4N6O3. The highest BCUT2D eigenvalue weighted by molar-refractivity contribution is 5.97. The lowest BCUT2D eigenvalue weighted by Gasteiger charge is -2.35. The minimum absolute atomic E-state index is 0.154. The Bertz CT molecular complexity index is 1830. The zero-order chi connectivity index (χ0) is 28.7. The second-order valence-corrected chi connectivity index (χ2v) is 9.62. The molecule has 0 unspecified atom stereocenters. The Morgan fingerprint density at radius 1 is 1.05 bits per heavy atom. The third-order valence-electron chi connectivity index (χ3n) is 6.65. The van der Waals surface area contributed by atoms with Crippen molar-refractivity contribution in [2.45, 2.75) is 31.2 Å². The van der Waals surface area contributed by atoms with Gasteiger partial charge in [-0.25, -0.2) is 22.5 Å². The molecular weight excluding hydrogens is 544 g/mol. The highest BCUT2D eigenvalue weighted by Crippen LogP contribution is 2.41. The van der Waals surface area contributed by atoms with Crippen LogP contribution >= 0.6 is 0 Å². The summed E-state index contributed by atoms with van der Waals surface area (Å²) in [4.78, 5) is 30.0. The number of fused-ring (bicyclic) bond motifs is 1. The van der Waals surface area contributed by atoms with Crippen molar-refractivity contribution in [3.05, 3.63) is 100 Å². The first-order valence-corrected chi connectivity index (χ1v) is 12.5. The zero-order valence-electron chi connectivity index (χ0n) is 21.1. The Kier molecular flexibility index (Phi) is 6.48. The largest absolute Gasteiger partial charge is 0.453 e. The van der Waals surface area contributed by atoms with Crippen LogP contribution in [-0.4, -0.2) is 42.7 Å². The monoisotopic (exact) mass is 564 g/mol. The van der Waals surface area contributed by atoms with Crippen LogP contribution in [0, 0.1) is 11.6 Å². The molecule has 0 aliphatic heterocycles. The van der Waals surface area contributed by atoms with Crippen LogP contribution in [0.25, 0.3) is 16.7 Å². The summed E-state index contributed by atoms with van der Waals surface area (Å²) in [6.07, 6.45) is 1.77. The Morgan fingerprint density at radius 3 is 2.56 bits per heavy atom. The summed E-state index contributed by atoms with van der Waals surface area (Å²) in [5, 5.41) is 14.1. The molecule has 0 atom stereocenters. The first kappa shape index (κ1) is 26.2. The van der Waals surface area contributed by atoms with Crippen LogP contribution in [0.1, 0.15) is 28.8 Å². The lowest BCUT2D eigenvalue weighted by molar-refractivity contribution is -0.0793. The average molecular weight is 564 g/mol. The Hall–Kier alpha value is -5.07. The average Bonchev–Trinajstić information content (AvgIpc) is 3.33. The molecule has 5 aromatic rings. The van der Waals surface area contributed by atoms with E-state index in [9.17, 15) is 22.8 Å². The number of nitrogens with zero attached hydrogens (tertiary/aromatic N) is 4. The maximum atomic E-state index is 15.1. The van der Waals surface area contributed by atoms with E-state index in [4.69, 9.17) is 4.74 Å². The normalized spacial score (nSPS) is 14.5. The minimum atomic E-state index is -2.72. The van der Waals surface area contributed by atoms with Crippen LogP contribution in [0.2, 0.25) is 0 Å². The van der Waals surface area contributed by atoms with Gasteiger partial charge in [0.05, 0.1) is 11.3 Å². The van der Waals surface area contributed by atoms with Gasteiger partial charge >= 0.3 is 0 Å². The van der Waals surface area contributed by atoms with Crippen LogP contribution in [0.5, 0.6) is 11.5 Å². The number of ether oxygens (including phenoxy) is 1. The quantitative estimate of drug-likeness (QED) is 0.196. The first-order valence-electron chi connectivity index (χ1n) is 12.5. The summed E-state index contributed by atoms with van der Waals surface area (Å²) in [5.74, 6) is -4.24. The fourth-order valence-electron chi connectivity index (χ4n) is 4.60. The van der Waals surface area contributed by atoms with Gasteiger partial charge in [-0.1, -0.05) is 6.07 Å². The highest BCUT2D eigenvalue weighted by Gasteiger charge is 2.45. The lowest BCUT2D eigenvalue weighted by atomic mass is 9.88. The second kappa shape index (κ2) is 10.2. The van der Waals surface area contributed by atoms with Gasteiger partial charge in [0.15, 0.2) is 28.8 Å². The van der Waals surface area contributed by atoms with Crippen molar-refractivity contribution in [1.29, 1.82) is 0 Å². The zero-order valence-corrected chi connectivity index (χ0v) is 21.1. The number of benzene rings is 2. The number of ketones is 1. The Balaban J connectivity index is 1.20. The van der Waals surface area contributed by atoms with Crippen molar-refractivity contribution < 1.29 is 27.1 Å². The lowest BCUT2D eigenvalue weighted by Crippen LogP contribution is -2.44. The van der Waals surface area contributed by atoms with Gasteiger partial charge in [0.2, 0.25) is 0 Å². The number of aromatic nitrogens is 5. The number of alkyl halides is 2. The number of hydrogen-bond donors (Lipinski definition) is 2. The van der Waals surface area contributed by atoms with E-state index in [1.165, 1.54) is 60.9 Å². The molecule has 6 rings (SSSR count). The van der Waals surface area contributed by atoms with Crippen molar-refractivity contribution in [3.8, 4) is 17.2 Å². The third-order valence-corrected chi connectivity index (χ3v) is 6.65. The number of nitrogens with one attached hydrogen (secondary N) is 2. The van der Waals surface area contributed by atoms with Gasteiger partial charge in [0, 0.05) is 43.8 Å². The summed E-state index contributed by atoms with van der Waals surface area (Å²) in [6, 6.07) is 11.3. The third kappa shape index (κ3) is 5.25. The molecule has 3 aromatic heterocycles. The molecule has 3 heterocycles. The fourth-order valence-corrected chi connectivity index (χ4v) is 4.60. The summed E-state index contributed by atoms with van der Waals surface area (Å²) >= 11 is 0. The number of halogens is 4. The molecule has 0 amide bonds. The predicted octanol–water partition coefficient (Wildman–Crippen LogP) is 5.21. The molecule has 2 N–H and O–H groups in total. The summed E-state index contributed by atoms with van der Waals surface area (Å²) in [7, 11) is 0. The number of aromatic amines is 1. The molecule has 0 spiro atoms.